The molecule has 0 aliphatic heterocycles. The number of fused-ring (bicyclic) bond motifs is 1. The molecule has 0 fully saturated rings. The Morgan fingerprint density at radius 3 is 2.43 bits per heavy atom. The third-order valence-electron chi connectivity index (χ3n) is 6.78. The van der Waals surface area contributed by atoms with E-state index < -0.39 is 5.54 Å². The molecule has 4 aromatic rings. The van der Waals surface area contributed by atoms with Gasteiger partial charge in [0.2, 0.25) is 5.91 Å². The number of para-hydroxylation sites is 1. The summed E-state index contributed by atoms with van der Waals surface area (Å²) in [5.41, 5.74) is 3.53. The van der Waals surface area contributed by atoms with Crippen molar-refractivity contribution in [2.45, 2.75) is 38.4 Å². The van der Waals surface area contributed by atoms with Gasteiger partial charge in [0.15, 0.2) is 0 Å². The van der Waals surface area contributed by atoms with Crippen LogP contribution in [0.4, 0.5) is 0 Å². The third-order valence-corrected chi connectivity index (χ3v) is 6.78. The molecule has 0 aliphatic carbocycles. The van der Waals surface area contributed by atoms with Crippen molar-refractivity contribution in [3.05, 3.63) is 102 Å². The normalized spacial score (nSPS) is 13.9. The molecule has 37 heavy (non-hydrogen) atoms. The zero-order valence-corrected chi connectivity index (χ0v) is 22.3. The van der Waals surface area contributed by atoms with Crippen LogP contribution in [0.1, 0.15) is 36.6 Å². The summed E-state index contributed by atoms with van der Waals surface area (Å²) in [6, 6.07) is 26.2. The van der Waals surface area contributed by atoms with E-state index in [2.05, 4.69) is 44.8 Å². The fraction of sp³-hybridized carbons (Fsp3) is 0.323. The number of benzene rings is 3. The van der Waals surface area contributed by atoms with E-state index in [0.29, 0.717) is 19.6 Å². The van der Waals surface area contributed by atoms with Crippen molar-refractivity contribution in [3.8, 4) is 5.75 Å². The largest absolute Gasteiger partial charge is 0.492 e. The summed E-state index contributed by atoms with van der Waals surface area (Å²) < 4.78 is 5.82. The zero-order chi connectivity index (χ0) is 26.3. The second-order valence-corrected chi connectivity index (χ2v) is 10.1. The Bertz CT molecular complexity index is 1280. The molecule has 0 aliphatic rings. The molecule has 3 aromatic carbocycles. The van der Waals surface area contributed by atoms with Crippen molar-refractivity contribution in [2.75, 3.05) is 27.2 Å². The molecule has 2 unspecified atom stereocenters. The highest BCUT2D eigenvalue weighted by molar-refractivity contribution is 5.89. The first-order valence-electron chi connectivity index (χ1n) is 12.9. The third kappa shape index (κ3) is 7.00. The number of likely N-dealkylation sites (N-methyl/N-ethyl adjacent to an activating group) is 1. The van der Waals surface area contributed by atoms with E-state index in [-0.39, 0.29) is 11.9 Å². The van der Waals surface area contributed by atoms with Crippen LogP contribution in [0.3, 0.4) is 0 Å². The number of aromatic amines is 1. The SMILES string of the molecule is CC(NC(=O)C(C)(Cc1c[nH]c2ccccc12)NCc1ccc(OCCN(C)C)cc1)c1ccccc1. The lowest BCUT2D eigenvalue weighted by molar-refractivity contribution is -0.127. The molecule has 0 saturated carbocycles. The van der Waals surface area contributed by atoms with Crippen molar-refractivity contribution in [2.24, 2.45) is 0 Å². The van der Waals surface area contributed by atoms with Gasteiger partial charge in [0, 0.05) is 36.6 Å². The summed E-state index contributed by atoms with van der Waals surface area (Å²) in [5.74, 6) is 0.819. The van der Waals surface area contributed by atoms with Gasteiger partial charge in [0.25, 0.3) is 0 Å². The molecule has 4 rings (SSSR count). The van der Waals surface area contributed by atoms with E-state index >= 15 is 0 Å². The summed E-state index contributed by atoms with van der Waals surface area (Å²) in [4.78, 5) is 19.2. The van der Waals surface area contributed by atoms with Crippen molar-refractivity contribution >= 4 is 16.8 Å². The number of hydrogen-bond acceptors (Lipinski definition) is 4. The van der Waals surface area contributed by atoms with Crippen LogP contribution < -0.4 is 15.4 Å². The molecule has 194 valence electrons. The Hall–Kier alpha value is -3.61. The van der Waals surface area contributed by atoms with Crippen LogP contribution in [0.25, 0.3) is 10.9 Å². The van der Waals surface area contributed by atoms with Gasteiger partial charge < -0.3 is 19.9 Å². The average Bonchev–Trinajstić information content (AvgIpc) is 3.31. The molecular formula is C31H38N4O2. The number of hydrogen-bond donors (Lipinski definition) is 3. The maximum Gasteiger partial charge on any atom is 0.240 e. The molecule has 0 bridgehead atoms. The second kappa shape index (κ2) is 12.1. The number of aromatic nitrogens is 1. The highest BCUT2D eigenvalue weighted by Gasteiger charge is 2.34. The lowest BCUT2D eigenvalue weighted by Crippen LogP contribution is -2.56. The van der Waals surface area contributed by atoms with Crippen molar-refractivity contribution in [1.29, 1.82) is 0 Å². The molecule has 0 spiro atoms. The molecule has 0 radical (unpaired) electrons. The summed E-state index contributed by atoms with van der Waals surface area (Å²) in [6.07, 6.45) is 2.56. The smallest absolute Gasteiger partial charge is 0.240 e. The first-order valence-corrected chi connectivity index (χ1v) is 12.9. The lowest BCUT2D eigenvalue weighted by atomic mass is 9.90. The van der Waals surface area contributed by atoms with Crippen LogP contribution in [-0.2, 0) is 17.8 Å². The number of amides is 1. The molecular weight excluding hydrogens is 460 g/mol. The van der Waals surface area contributed by atoms with Gasteiger partial charge in [-0.2, -0.15) is 0 Å². The number of nitrogens with one attached hydrogen (secondary N) is 3. The van der Waals surface area contributed by atoms with E-state index in [1.165, 1.54) is 0 Å². The van der Waals surface area contributed by atoms with Crippen LogP contribution in [0.15, 0.2) is 85.1 Å². The average molecular weight is 499 g/mol. The summed E-state index contributed by atoms with van der Waals surface area (Å²) in [7, 11) is 4.06. The quantitative estimate of drug-likeness (QED) is 0.255. The molecule has 6 heteroatoms. The maximum absolute atomic E-state index is 13.8. The molecule has 3 N–H and O–H groups in total. The van der Waals surface area contributed by atoms with E-state index in [0.717, 1.165) is 39.9 Å². The Morgan fingerprint density at radius 2 is 1.70 bits per heavy atom. The minimum atomic E-state index is -0.825. The van der Waals surface area contributed by atoms with Gasteiger partial charge in [-0.05, 0) is 62.8 Å². The fourth-order valence-corrected chi connectivity index (χ4v) is 4.41. The van der Waals surface area contributed by atoms with Crippen molar-refractivity contribution in [3.63, 3.8) is 0 Å². The van der Waals surface area contributed by atoms with Gasteiger partial charge in [0.05, 0.1) is 11.6 Å². The Kier molecular flexibility index (Phi) is 8.64. The van der Waals surface area contributed by atoms with Gasteiger partial charge in [-0.1, -0.05) is 60.7 Å². The highest BCUT2D eigenvalue weighted by Crippen LogP contribution is 2.24. The van der Waals surface area contributed by atoms with Crippen LogP contribution in [-0.4, -0.2) is 48.6 Å². The number of carbonyl (C=O) groups is 1. The fourth-order valence-electron chi connectivity index (χ4n) is 4.41. The van der Waals surface area contributed by atoms with Gasteiger partial charge in [-0.15, -0.1) is 0 Å². The number of ether oxygens (including phenoxy) is 1. The molecule has 0 saturated heterocycles. The second-order valence-electron chi connectivity index (χ2n) is 10.1. The first-order chi connectivity index (χ1) is 17.8. The maximum atomic E-state index is 13.8. The van der Waals surface area contributed by atoms with Gasteiger partial charge in [0.1, 0.15) is 12.4 Å². The van der Waals surface area contributed by atoms with E-state index in [4.69, 9.17) is 4.74 Å². The predicted octanol–water partition coefficient (Wildman–Crippen LogP) is 5.08. The van der Waals surface area contributed by atoms with Crippen molar-refractivity contribution < 1.29 is 9.53 Å². The van der Waals surface area contributed by atoms with Gasteiger partial charge >= 0.3 is 0 Å². The number of rotatable bonds is 12. The predicted molar refractivity (Wildman–Crippen MR) is 151 cm³/mol. The van der Waals surface area contributed by atoms with E-state index in [1.54, 1.807) is 0 Å². The number of carbonyl (C=O) groups excluding carboxylic acids is 1. The summed E-state index contributed by atoms with van der Waals surface area (Å²) >= 11 is 0. The summed E-state index contributed by atoms with van der Waals surface area (Å²) in [6.45, 7) is 6.08. The molecule has 1 aromatic heterocycles. The Morgan fingerprint density at radius 1 is 1.00 bits per heavy atom. The van der Waals surface area contributed by atoms with Crippen LogP contribution in [0, 0.1) is 0 Å². The standard InChI is InChI=1S/C31H38N4O2/c1-23(25-10-6-5-7-11-25)34-30(36)31(2,20-26-22-32-29-13-9-8-12-28(26)29)33-21-24-14-16-27(17-15-24)37-19-18-35(3)4/h5-17,22-23,32-33H,18-21H2,1-4H3,(H,34,36). The molecule has 2 atom stereocenters. The van der Waals surface area contributed by atoms with Gasteiger partial charge in [-0.25, -0.2) is 0 Å². The molecule has 1 heterocycles. The minimum absolute atomic E-state index is 0.0298. The van der Waals surface area contributed by atoms with Gasteiger partial charge in [-0.3, -0.25) is 10.1 Å². The number of H-pyrrole nitrogens is 1. The van der Waals surface area contributed by atoms with Crippen LogP contribution >= 0.6 is 0 Å². The van der Waals surface area contributed by atoms with Crippen LogP contribution in [0.5, 0.6) is 5.75 Å². The minimum Gasteiger partial charge on any atom is -0.492 e. The van der Waals surface area contributed by atoms with E-state index in [1.807, 2.05) is 88.7 Å². The Labute approximate surface area is 220 Å². The lowest BCUT2D eigenvalue weighted by Gasteiger charge is -2.31. The van der Waals surface area contributed by atoms with E-state index in [9.17, 15) is 4.79 Å². The first kappa shape index (κ1) is 26.5. The topological polar surface area (TPSA) is 69.4 Å². The summed E-state index contributed by atoms with van der Waals surface area (Å²) in [5, 5.41) is 7.95. The highest BCUT2D eigenvalue weighted by atomic mass is 16.5. The zero-order valence-electron chi connectivity index (χ0n) is 22.3. The molecule has 6 nitrogen and oxygen atoms in total. The monoisotopic (exact) mass is 498 g/mol. The van der Waals surface area contributed by atoms with Crippen molar-refractivity contribution in [1.82, 2.24) is 20.5 Å². The number of nitrogens with zero attached hydrogens (tertiary/aromatic N) is 1. The molecule has 1 amide bonds. The Balaban J connectivity index is 1.49. The van der Waals surface area contributed by atoms with Crippen LogP contribution in [0.2, 0.25) is 0 Å².